The summed E-state index contributed by atoms with van der Waals surface area (Å²) in [6, 6.07) is -0.663. The molecule has 1 aliphatic carbocycles. The lowest BCUT2D eigenvalue weighted by Crippen LogP contribution is -2.51. The fourth-order valence-electron chi connectivity index (χ4n) is 1.14. The Kier molecular flexibility index (Phi) is 1.92. The van der Waals surface area contributed by atoms with Gasteiger partial charge in [0.15, 0.2) is 0 Å². The van der Waals surface area contributed by atoms with E-state index in [0.29, 0.717) is 0 Å². The first-order chi connectivity index (χ1) is 4.63. The number of carbonyl (C=O) groups excluding carboxylic acids is 1. The van der Waals surface area contributed by atoms with Gasteiger partial charge < -0.3 is 16.6 Å². The van der Waals surface area contributed by atoms with E-state index in [1.165, 1.54) is 0 Å². The van der Waals surface area contributed by atoms with E-state index in [2.05, 4.69) is 0 Å². The summed E-state index contributed by atoms with van der Waals surface area (Å²) in [7, 11) is 0. The van der Waals surface area contributed by atoms with Crippen LogP contribution in [0, 0.1) is 5.92 Å². The van der Waals surface area contributed by atoms with Gasteiger partial charge in [-0.15, -0.1) is 0 Å². The monoisotopic (exact) mass is 144 g/mol. The molecule has 4 heteroatoms. The van der Waals surface area contributed by atoms with Crippen LogP contribution in [0.1, 0.15) is 12.8 Å². The molecule has 0 spiro atoms. The summed E-state index contributed by atoms with van der Waals surface area (Å²) in [6.07, 6.45) is 1.14. The number of rotatable bonds is 2. The van der Waals surface area contributed by atoms with E-state index >= 15 is 0 Å². The van der Waals surface area contributed by atoms with Crippen molar-refractivity contribution in [2.24, 2.45) is 17.4 Å². The number of hydrogen-bond donors (Lipinski definition) is 3. The van der Waals surface area contributed by atoms with Gasteiger partial charge in [0.25, 0.3) is 0 Å². The molecule has 4 nitrogen and oxygen atoms in total. The van der Waals surface area contributed by atoms with E-state index in [9.17, 15) is 4.79 Å². The summed E-state index contributed by atoms with van der Waals surface area (Å²) in [5, 5.41) is 9.04. The molecule has 1 rings (SSSR count). The molecule has 1 aliphatic rings. The van der Waals surface area contributed by atoms with Crippen LogP contribution in [0.5, 0.6) is 0 Å². The molecule has 0 heterocycles. The highest BCUT2D eigenvalue weighted by Gasteiger charge is 2.36. The highest BCUT2D eigenvalue weighted by molar-refractivity contribution is 5.80. The molecule has 0 radical (unpaired) electrons. The van der Waals surface area contributed by atoms with Gasteiger partial charge in [-0.3, -0.25) is 4.79 Å². The smallest absolute Gasteiger partial charge is 0.234 e. The summed E-state index contributed by atoms with van der Waals surface area (Å²) >= 11 is 0. The van der Waals surface area contributed by atoms with Gasteiger partial charge in [0.1, 0.15) is 0 Å². The largest absolute Gasteiger partial charge is 0.393 e. The number of amides is 1. The maximum atomic E-state index is 10.5. The number of aliphatic hydroxyl groups is 1. The predicted molar refractivity (Wildman–Crippen MR) is 35.9 cm³/mol. The third kappa shape index (κ3) is 1.12. The molecule has 5 N–H and O–H groups in total. The van der Waals surface area contributed by atoms with Crippen LogP contribution < -0.4 is 11.5 Å². The lowest BCUT2D eigenvalue weighted by Gasteiger charge is -2.35. The fraction of sp³-hybridized carbons (Fsp3) is 0.833. The molecule has 1 fully saturated rings. The molecule has 0 aromatic rings. The van der Waals surface area contributed by atoms with Crippen molar-refractivity contribution in [3.05, 3.63) is 0 Å². The summed E-state index contributed by atoms with van der Waals surface area (Å²) in [5.74, 6) is -0.624. The van der Waals surface area contributed by atoms with Gasteiger partial charge in [-0.2, -0.15) is 0 Å². The van der Waals surface area contributed by atoms with Crippen molar-refractivity contribution < 1.29 is 9.90 Å². The molecule has 0 aliphatic heterocycles. The Bertz CT molecular complexity index is 149. The van der Waals surface area contributed by atoms with Gasteiger partial charge in [-0.05, 0) is 12.8 Å². The second-order valence-corrected chi connectivity index (χ2v) is 2.74. The lowest BCUT2D eigenvalue weighted by atomic mass is 9.77. The van der Waals surface area contributed by atoms with Gasteiger partial charge in [-0.25, -0.2) is 0 Å². The van der Waals surface area contributed by atoms with Crippen molar-refractivity contribution >= 4 is 5.91 Å². The van der Waals surface area contributed by atoms with Crippen molar-refractivity contribution in [1.82, 2.24) is 0 Å². The Hall–Kier alpha value is -0.610. The third-order valence-corrected chi connectivity index (χ3v) is 2.08. The average molecular weight is 144 g/mol. The van der Waals surface area contributed by atoms with E-state index in [0.717, 1.165) is 12.8 Å². The molecule has 1 saturated carbocycles. The fourth-order valence-corrected chi connectivity index (χ4v) is 1.14. The molecular weight excluding hydrogens is 132 g/mol. The van der Waals surface area contributed by atoms with Crippen LogP contribution in [-0.2, 0) is 4.79 Å². The van der Waals surface area contributed by atoms with E-state index in [4.69, 9.17) is 16.6 Å². The van der Waals surface area contributed by atoms with Crippen LogP contribution in [0.4, 0.5) is 0 Å². The van der Waals surface area contributed by atoms with Gasteiger partial charge in [-0.1, -0.05) is 0 Å². The zero-order valence-corrected chi connectivity index (χ0v) is 5.66. The number of nitrogens with two attached hydrogens (primary N) is 2. The van der Waals surface area contributed by atoms with Crippen LogP contribution >= 0.6 is 0 Å². The zero-order chi connectivity index (χ0) is 7.72. The minimum Gasteiger partial charge on any atom is -0.393 e. The first kappa shape index (κ1) is 7.50. The van der Waals surface area contributed by atoms with E-state index in [1.807, 2.05) is 0 Å². The molecule has 10 heavy (non-hydrogen) atoms. The molecule has 58 valence electrons. The second kappa shape index (κ2) is 2.56. The summed E-state index contributed by atoms with van der Waals surface area (Å²) in [6.45, 7) is 0. The first-order valence-electron chi connectivity index (χ1n) is 3.36. The third-order valence-electron chi connectivity index (χ3n) is 2.08. The predicted octanol–water partition coefficient (Wildman–Crippen LogP) is -1.43. The van der Waals surface area contributed by atoms with Crippen LogP contribution in [-0.4, -0.2) is 23.2 Å². The van der Waals surface area contributed by atoms with Crippen LogP contribution in [0.25, 0.3) is 0 Å². The van der Waals surface area contributed by atoms with E-state index < -0.39 is 18.1 Å². The lowest BCUT2D eigenvalue weighted by molar-refractivity contribution is -0.123. The number of aliphatic hydroxyl groups excluding tert-OH is 1. The normalized spacial score (nSPS) is 34.6. The van der Waals surface area contributed by atoms with Crippen molar-refractivity contribution in [2.75, 3.05) is 0 Å². The quantitative estimate of drug-likeness (QED) is 0.444. The van der Waals surface area contributed by atoms with Crippen molar-refractivity contribution in [1.29, 1.82) is 0 Å². The topological polar surface area (TPSA) is 89.3 Å². The maximum absolute atomic E-state index is 10.5. The summed E-state index contributed by atoms with van der Waals surface area (Å²) < 4.78 is 0. The Labute approximate surface area is 59.2 Å². The molecular formula is C6H12N2O2. The molecule has 3 atom stereocenters. The summed E-state index contributed by atoms with van der Waals surface area (Å²) in [4.78, 5) is 10.5. The van der Waals surface area contributed by atoms with Crippen LogP contribution in [0.2, 0.25) is 0 Å². The van der Waals surface area contributed by atoms with Crippen LogP contribution in [0.15, 0.2) is 0 Å². The molecule has 0 saturated heterocycles. The van der Waals surface area contributed by atoms with Gasteiger partial charge in [0.05, 0.1) is 12.1 Å². The molecule has 1 amide bonds. The number of primary amides is 1. The Morgan fingerprint density at radius 1 is 1.60 bits per heavy atom. The minimum atomic E-state index is -0.663. The zero-order valence-electron chi connectivity index (χ0n) is 5.66. The minimum absolute atomic E-state index is 0.0995. The summed E-state index contributed by atoms with van der Waals surface area (Å²) in [5.41, 5.74) is 10.3. The standard InChI is InChI=1S/C6H12N2O2/c7-5(6(8)10)3-1-2-4(3)9/h3-5,9H,1-2,7H2,(H2,8,10). The molecule has 0 bridgehead atoms. The maximum Gasteiger partial charge on any atom is 0.234 e. The number of carbonyl (C=O) groups is 1. The van der Waals surface area contributed by atoms with Crippen molar-refractivity contribution in [3.63, 3.8) is 0 Å². The SMILES string of the molecule is NC(=O)C(N)C1CCC1O. The average Bonchev–Trinajstić information content (AvgIpc) is 1.84. The highest BCUT2D eigenvalue weighted by atomic mass is 16.3. The molecule has 0 aromatic heterocycles. The highest BCUT2D eigenvalue weighted by Crippen LogP contribution is 2.29. The molecule has 3 unspecified atom stereocenters. The Morgan fingerprint density at radius 2 is 2.20 bits per heavy atom. The van der Waals surface area contributed by atoms with Gasteiger partial charge >= 0.3 is 0 Å². The van der Waals surface area contributed by atoms with E-state index in [1.54, 1.807) is 0 Å². The first-order valence-corrected chi connectivity index (χ1v) is 3.36. The Morgan fingerprint density at radius 3 is 2.30 bits per heavy atom. The number of hydrogen-bond acceptors (Lipinski definition) is 3. The second-order valence-electron chi connectivity index (χ2n) is 2.74. The molecule has 0 aromatic carbocycles. The van der Waals surface area contributed by atoms with E-state index in [-0.39, 0.29) is 5.92 Å². The van der Waals surface area contributed by atoms with Gasteiger partial charge in [0.2, 0.25) is 5.91 Å². The van der Waals surface area contributed by atoms with Gasteiger partial charge in [0, 0.05) is 5.92 Å². The van der Waals surface area contributed by atoms with Crippen molar-refractivity contribution in [2.45, 2.75) is 25.0 Å². The van der Waals surface area contributed by atoms with Crippen LogP contribution in [0.3, 0.4) is 0 Å². The van der Waals surface area contributed by atoms with Crippen molar-refractivity contribution in [3.8, 4) is 0 Å². The Balaban J connectivity index is 2.41.